The van der Waals surface area contributed by atoms with Crippen molar-refractivity contribution < 1.29 is 9.63 Å². The van der Waals surface area contributed by atoms with Crippen LogP contribution in [-0.2, 0) is 17.9 Å². The van der Waals surface area contributed by atoms with Gasteiger partial charge in [0, 0.05) is 0 Å². The summed E-state index contributed by atoms with van der Waals surface area (Å²) in [5, 5.41) is 4.34. The molecule has 3 rings (SSSR count). The van der Waals surface area contributed by atoms with Gasteiger partial charge in [-0.2, -0.15) is 5.10 Å². The number of hydroxylamine groups is 1. The zero-order chi connectivity index (χ0) is 16.8. The lowest BCUT2D eigenvalue weighted by Crippen LogP contribution is -2.24. The third kappa shape index (κ3) is 3.52. The molecule has 1 N–H and O–H groups in total. The molecule has 0 aliphatic heterocycles. The normalized spacial score (nSPS) is 10.5. The van der Waals surface area contributed by atoms with E-state index < -0.39 is 0 Å². The number of rotatable bonds is 6. The van der Waals surface area contributed by atoms with Crippen LogP contribution in [0.5, 0.6) is 0 Å². The molecule has 5 heteroatoms. The highest BCUT2D eigenvalue weighted by Gasteiger charge is 2.17. The number of nitrogens with zero attached hydrogens (tertiary/aromatic N) is 2. The number of nitrogens with one attached hydrogen (secondary N) is 1. The zero-order valence-corrected chi connectivity index (χ0v) is 13.5. The molecule has 1 aromatic heterocycles. The minimum atomic E-state index is -0.287. The van der Waals surface area contributed by atoms with Crippen molar-refractivity contribution in [3.8, 4) is 5.69 Å². The molecule has 0 aliphatic rings. The Balaban J connectivity index is 1.70. The molecule has 0 saturated heterocycles. The molecule has 0 bridgehead atoms. The third-order valence-corrected chi connectivity index (χ3v) is 3.70. The molecule has 5 nitrogen and oxygen atoms in total. The van der Waals surface area contributed by atoms with Crippen LogP contribution in [0.15, 0.2) is 66.9 Å². The molecule has 0 saturated carbocycles. The van der Waals surface area contributed by atoms with Crippen molar-refractivity contribution >= 4 is 5.91 Å². The van der Waals surface area contributed by atoms with Crippen molar-refractivity contribution in [2.75, 3.05) is 0 Å². The van der Waals surface area contributed by atoms with Crippen molar-refractivity contribution in [2.24, 2.45) is 0 Å². The van der Waals surface area contributed by atoms with E-state index >= 15 is 0 Å². The van der Waals surface area contributed by atoms with Crippen molar-refractivity contribution in [3.63, 3.8) is 0 Å². The molecule has 0 fully saturated rings. The topological polar surface area (TPSA) is 56.1 Å². The second-order valence-electron chi connectivity index (χ2n) is 5.31. The quantitative estimate of drug-likeness (QED) is 0.709. The van der Waals surface area contributed by atoms with E-state index in [0.29, 0.717) is 18.6 Å². The summed E-state index contributed by atoms with van der Waals surface area (Å²) in [5.74, 6) is -0.287. The maximum atomic E-state index is 12.4. The van der Waals surface area contributed by atoms with Gasteiger partial charge in [0.15, 0.2) is 0 Å². The molecule has 0 radical (unpaired) electrons. The second-order valence-corrected chi connectivity index (χ2v) is 5.31. The lowest BCUT2D eigenvalue weighted by atomic mass is 10.2. The largest absolute Gasteiger partial charge is 0.278 e. The van der Waals surface area contributed by atoms with Gasteiger partial charge < -0.3 is 0 Å². The molecule has 122 valence electrons. The van der Waals surface area contributed by atoms with Crippen molar-refractivity contribution in [1.82, 2.24) is 15.3 Å². The Hall–Kier alpha value is -2.92. The number of benzene rings is 2. The van der Waals surface area contributed by atoms with Crippen LogP contribution in [-0.4, -0.2) is 15.7 Å². The summed E-state index contributed by atoms with van der Waals surface area (Å²) in [6, 6.07) is 19.4. The average molecular weight is 321 g/mol. The Bertz CT molecular complexity index is 798. The van der Waals surface area contributed by atoms with E-state index in [1.807, 2.05) is 67.6 Å². The van der Waals surface area contributed by atoms with E-state index in [-0.39, 0.29) is 5.91 Å². The lowest BCUT2D eigenvalue weighted by molar-refractivity contribution is 0.0233. The number of hydrogen-bond acceptors (Lipinski definition) is 3. The van der Waals surface area contributed by atoms with Crippen molar-refractivity contribution in [2.45, 2.75) is 20.0 Å². The van der Waals surface area contributed by atoms with Gasteiger partial charge in [-0.15, -0.1) is 0 Å². The highest BCUT2D eigenvalue weighted by molar-refractivity contribution is 5.94. The number of aromatic nitrogens is 2. The van der Waals surface area contributed by atoms with Crippen LogP contribution in [0.1, 0.15) is 28.5 Å². The van der Waals surface area contributed by atoms with Gasteiger partial charge in [-0.25, -0.2) is 10.2 Å². The summed E-state index contributed by atoms with van der Waals surface area (Å²) in [5.41, 5.74) is 5.79. The van der Waals surface area contributed by atoms with Gasteiger partial charge in [-0.05, 0) is 24.1 Å². The van der Waals surface area contributed by atoms with Gasteiger partial charge in [0.2, 0.25) is 0 Å². The van der Waals surface area contributed by atoms with Gasteiger partial charge in [0.25, 0.3) is 5.91 Å². The Kier molecular flexibility index (Phi) is 5.03. The molecule has 0 atom stereocenters. The monoisotopic (exact) mass is 321 g/mol. The summed E-state index contributed by atoms with van der Waals surface area (Å²) in [6.07, 6.45) is 2.27. The van der Waals surface area contributed by atoms with Gasteiger partial charge in [-0.1, -0.05) is 55.5 Å². The maximum Gasteiger partial charge on any atom is 0.278 e. The minimum absolute atomic E-state index is 0.287. The van der Waals surface area contributed by atoms with Gasteiger partial charge in [0.1, 0.15) is 0 Å². The van der Waals surface area contributed by atoms with Crippen molar-refractivity contribution in [1.29, 1.82) is 0 Å². The molecule has 0 unspecified atom stereocenters. The Morgan fingerprint density at radius 1 is 1.08 bits per heavy atom. The van der Waals surface area contributed by atoms with Crippen LogP contribution in [0.25, 0.3) is 5.69 Å². The predicted molar refractivity (Wildman–Crippen MR) is 91.6 cm³/mol. The fourth-order valence-electron chi connectivity index (χ4n) is 2.51. The molecule has 0 spiro atoms. The summed E-state index contributed by atoms with van der Waals surface area (Å²) in [6.45, 7) is 2.32. The molecule has 3 aromatic rings. The molecule has 24 heavy (non-hydrogen) atoms. The first kappa shape index (κ1) is 16.0. The molecule has 1 heterocycles. The van der Waals surface area contributed by atoms with E-state index in [1.54, 1.807) is 10.9 Å². The second kappa shape index (κ2) is 7.57. The number of hydrogen-bond donors (Lipinski definition) is 1. The average Bonchev–Trinajstić information content (AvgIpc) is 3.07. The smallest absolute Gasteiger partial charge is 0.269 e. The number of carbonyl (C=O) groups excluding carboxylic acids is 1. The summed E-state index contributed by atoms with van der Waals surface area (Å²) in [7, 11) is 0. The molecular formula is C19H19N3O2. The van der Waals surface area contributed by atoms with E-state index in [0.717, 1.165) is 16.9 Å². The van der Waals surface area contributed by atoms with E-state index in [2.05, 4.69) is 10.6 Å². The number of amides is 1. The maximum absolute atomic E-state index is 12.4. The van der Waals surface area contributed by atoms with E-state index in [9.17, 15) is 4.79 Å². The highest BCUT2D eigenvalue weighted by atomic mass is 16.6. The first-order valence-electron chi connectivity index (χ1n) is 7.88. The molecule has 2 aromatic carbocycles. The fraction of sp³-hybridized carbons (Fsp3) is 0.158. The highest BCUT2D eigenvalue weighted by Crippen LogP contribution is 2.15. The first-order chi connectivity index (χ1) is 11.8. The van der Waals surface area contributed by atoms with Crippen molar-refractivity contribution in [3.05, 3.63) is 83.7 Å². The Morgan fingerprint density at radius 2 is 1.75 bits per heavy atom. The number of para-hydroxylation sites is 1. The van der Waals surface area contributed by atoms with Crippen LogP contribution >= 0.6 is 0 Å². The minimum Gasteiger partial charge on any atom is -0.269 e. The van der Waals surface area contributed by atoms with Crippen LogP contribution in [0.4, 0.5) is 0 Å². The van der Waals surface area contributed by atoms with Crippen LogP contribution in [0.2, 0.25) is 0 Å². The van der Waals surface area contributed by atoms with Gasteiger partial charge in [0.05, 0.1) is 29.7 Å². The van der Waals surface area contributed by atoms with E-state index in [1.165, 1.54) is 0 Å². The standard InChI is InChI=1S/C19H19N3O2/c1-2-18-17(13-20-22(18)16-11-7-4-8-12-16)19(23)21-24-14-15-9-5-3-6-10-15/h3-13H,2,14H2,1H3,(H,21,23). The van der Waals surface area contributed by atoms with Gasteiger partial charge >= 0.3 is 0 Å². The number of carbonyl (C=O) groups is 1. The lowest BCUT2D eigenvalue weighted by Gasteiger charge is -2.08. The third-order valence-electron chi connectivity index (χ3n) is 3.70. The molecular weight excluding hydrogens is 302 g/mol. The van der Waals surface area contributed by atoms with Crippen LogP contribution < -0.4 is 5.48 Å². The van der Waals surface area contributed by atoms with Crippen LogP contribution in [0.3, 0.4) is 0 Å². The zero-order valence-electron chi connectivity index (χ0n) is 13.5. The molecule has 1 amide bonds. The summed E-state index contributed by atoms with van der Waals surface area (Å²) in [4.78, 5) is 17.7. The Morgan fingerprint density at radius 3 is 2.42 bits per heavy atom. The van der Waals surface area contributed by atoms with Gasteiger partial charge in [-0.3, -0.25) is 9.63 Å². The molecule has 0 aliphatic carbocycles. The first-order valence-corrected chi connectivity index (χ1v) is 7.88. The predicted octanol–water partition coefficient (Wildman–Crippen LogP) is 3.30. The summed E-state index contributed by atoms with van der Waals surface area (Å²) >= 11 is 0. The van der Waals surface area contributed by atoms with E-state index in [4.69, 9.17) is 4.84 Å². The van der Waals surface area contributed by atoms with Crippen LogP contribution in [0, 0.1) is 0 Å². The SMILES string of the molecule is CCc1c(C(=O)NOCc2ccccc2)cnn1-c1ccccc1. The summed E-state index contributed by atoms with van der Waals surface area (Å²) < 4.78 is 1.78. The fourth-order valence-corrected chi connectivity index (χ4v) is 2.51. The Labute approximate surface area is 140 Å².